The van der Waals surface area contributed by atoms with E-state index in [-0.39, 0.29) is 17.1 Å². The van der Waals surface area contributed by atoms with Crippen molar-refractivity contribution in [1.29, 1.82) is 5.26 Å². The van der Waals surface area contributed by atoms with Gasteiger partial charge in [-0.1, -0.05) is 0 Å². The molecule has 4 nitrogen and oxygen atoms in total. The molecule has 1 heterocycles. The lowest BCUT2D eigenvalue weighted by Gasteiger charge is -2.05. The van der Waals surface area contributed by atoms with Crippen molar-refractivity contribution in [2.75, 3.05) is 13.7 Å². The number of rotatable bonds is 4. The fourth-order valence-electron chi connectivity index (χ4n) is 1.74. The molecule has 1 aromatic carbocycles. The van der Waals surface area contributed by atoms with Crippen molar-refractivity contribution in [3.63, 3.8) is 0 Å². The first kappa shape index (κ1) is 15.4. The summed E-state index contributed by atoms with van der Waals surface area (Å²) in [6, 6.07) is 4.95. The topological polar surface area (TPSA) is 63.0 Å². The predicted octanol–water partition coefficient (Wildman–Crippen LogP) is 3.14. The number of ether oxygens (including phenoxy) is 1. The lowest BCUT2D eigenvalue weighted by Crippen LogP contribution is -2.15. The smallest absolute Gasteiger partial charge is 0.377 e. The second-order valence-electron chi connectivity index (χ2n) is 4.19. The molecular weight excluding hydrogens is 305 g/mol. The first-order valence-corrected chi connectivity index (χ1v) is 6.57. The van der Waals surface area contributed by atoms with E-state index in [2.05, 4.69) is 9.72 Å². The third-order valence-corrected chi connectivity index (χ3v) is 3.82. The van der Waals surface area contributed by atoms with E-state index >= 15 is 0 Å². The molecule has 0 fully saturated rings. The molecule has 0 bridgehead atoms. The number of alkyl halides is 3. The SMILES string of the molecule is COCC(=O)[C@@H](C#N)c1nc2cc(C(F)(F)F)ccc2s1. The van der Waals surface area contributed by atoms with E-state index in [1.807, 2.05) is 0 Å². The molecule has 2 rings (SSSR count). The normalized spacial score (nSPS) is 13.1. The number of nitriles is 1. The minimum Gasteiger partial charge on any atom is -0.377 e. The van der Waals surface area contributed by atoms with Gasteiger partial charge in [-0.25, -0.2) is 4.98 Å². The van der Waals surface area contributed by atoms with Crippen LogP contribution in [0.15, 0.2) is 18.2 Å². The quantitative estimate of drug-likeness (QED) is 0.870. The molecule has 0 aliphatic heterocycles. The third kappa shape index (κ3) is 3.20. The Kier molecular flexibility index (Phi) is 4.25. The lowest BCUT2D eigenvalue weighted by molar-refractivity contribution is -0.137. The molecule has 0 aliphatic carbocycles. The van der Waals surface area contributed by atoms with Crippen LogP contribution in [0, 0.1) is 11.3 Å². The van der Waals surface area contributed by atoms with E-state index in [0.717, 1.165) is 23.5 Å². The van der Waals surface area contributed by atoms with Gasteiger partial charge in [-0.2, -0.15) is 18.4 Å². The van der Waals surface area contributed by atoms with Crippen LogP contribution < -0.4 is 0 Å². The summed E-state index contributed by atoms with van der Waals surface area (Å²) < 4.78 is 43.0. The van der Waals surface area contributed by atoms with Crippen LogP contribution in [0.2, 0.25) is 0 Å². The van der Waals surface area contributed by atoms with Crippen LogP contribution >= 0.6 is 11.3 Å². The summed E-state index contributed by atoms with van der Waals surface area (Å²) in [6.45, 7) is -0.248. The molecule has 0 amide bonds. The number of carbonyl (C=O) groups excluding carboxylic acids is 1. The molecular formula is C13H9F3N2O2S. The third-order valence-electron chi connectivity index (χ3n) is 2.72. The number of Topliss-reactive ketones (excluding diaryl/α,β-unsaturated/α-hetero) is 1. The molecule has 1 atom stereocenters. The van der Waals surface area contributed by atoms with Crippen LogP contribution in [0.1, 0.15) is 16.5 Å². The summed E-state index contributed by atoms with van der Waals surface area (Å²) >= 11 is 1.03. The summed E-state index contributed by atoms with van der Waals surface area (Å²) in [5.41, 5.74) is -0.695. The number of thiazole rings is 1. The van der Waals surface area contributed by atoms with Gasteiger partial charge in [0.25, 0.3) is 0 Å². The number of methoxy groups -OCH3 is 1. The zero-order chi connectivity index (χ0) is 15.6. The molecule has 0 radical (unpaired) electrons. The van der Waals surface area contributed by atoms with Gasteiger partial charge >= 0.3 is 6.18 Å². The molecule has 0 N–H and O–H groups in total. The monoisotopic (exact) mass is 314 g/mol. The van der Waals surface area contributed by atoms with Gasteiger partial charge < -0.3 is 4.74 Å². The van der Waals surface area contributed by atoms with Crippen LogP contribution in [-0.2, 0) is 15.7 Å². The lowest BCUT2D eigenvalue weighted by atomic mass is 10.1. The predicted molar refractivity (Wildman–Crippen MR) is 69.9 cm³/mol. The first-order chi connectivity index (χ1) is 9.86. The molecule has 0 saturated carbocycles. The average molecular weight is 314 g/mol. The van der Waals surface area contributed by atoms with Crippen LogP contribution in [0.4, 0.5) is 13.2 Å². The van der Waals surface area contributed by atoms with Crippen LogP contribution in [-0.4, -0.2) is 24.5 Å². The molecule has 0 saturated heterocycles. The number of carbonyl (C=O) groups is 1. The second kappa shape index (κ2) is 5.79. The first-order valence-electron chi connectivity index (χ1n) is 5.75. The van der Waals surface area contributed by atoms with E-state index in [9.17, 15) is 18.0 Å². The molecule has 2 aromatic rings. The zero-order valence-electron chi connectivity index (χ0n) is 10.8. The number of benzene rings is 1. The molecule has 0 unspecified atom stereocenters. The highest BCUT2D eigenvalue weighted by Crippen LogP contribution is 2.34. The van der Waals surface area contributed by atoms with Gasteiger partial charge in [0.1, 0.15) is 11.6 Å². The number of hydrogen-bond donors (Lipinski definition) is 0. The number of nitrogens with zero attached hydrogens (tertiary/aromatic N) is 2. The molecule has 0 aliphatic rings. The highest BCUT2D eigenvalue weighted by Gasteiger charge is 2.31. The van der Waals surface area contributed by atoms with Gasteiger partial charge in [-0.3, -0.25) is 4.79 Å². The van der Waals surface area contributed by atoms with Crippen molar-refractivity contribution in [2.45, 2.75) is 12.1 Å². The zero-order valence-corrected chi connectivity index (χ0v) is 11.6. The molecule has 21 heavy (non-hydrogen) atoms. The average Bonchev–Trinajstić information content (AvgIpc) is 2.81. The number of fused-ring (bicyclic) bond motifs is 1. The van der Waals surface area contributed by atoms with Crippen molar-refractivity contribution in [1.82, 2.24) is 4.98 Å². The van der Waals surface area contributed by atoms with E-state index in [1.54, 1.807) is 6.07 Å². The molecule has 1 aromatic heterocycles. The Morgan fingerprint density at radius 3 is 2.81 bits per heavy atom. The minimum atomic E-state index is -4.46. The fraction of sp³-hybridized carbons (Fsp3) is 0.308. The molecule has 8 heteroatoms. The van der Waals surface area contributed by atoms with Crippen molar-refractivity contribution >= 4 is 27.3 Å². The maximum atomic E-state index is 12.6. The van der Waals surface area contributed by atoms with Crippen molar-refractivity contribution in [2.24, 2.45) is 0 Å². The Hall–Kier alpha value is -1.98. The number of hydrogen-bond acceptors (Lipinski definition) is 5. The summed E-state index contributed by atoms with van der Waals surface area (Å²) in [5.74, 6) is -1.60. The van der Waals surface area contributed by atoms with Gasteiger partial charge in [0.15, 0.2) is 11.7 Å². The van der Waals surface area contributed by atoms with Crippen molar-refractivity contribution in [3.8, 4) is 6.07 Å². The largest absolute Gasteiger partial charge is 0.416 e. The maximum absolute atomic E-state index is 12.6. The summed E-state index contributed by atoms with van der Waals surface area (Å²) in [4.78, 5) is 15.7. The van der Waals surface area contributed by atoms with Gasteiger partial charge in [0.05, 0.1) is 21.8 Å². The van der Waals surface area contributed by atoms with E-state index in [4.69, 9.17) is 5.26 Å². The van der Waals surface area contributed by atoms with Crippen LogP contribution in [0.5, 0.6) is 0 Å². The summed E-state index contributed by atoms with van der Waals surface area (Å²) in [6.07, 6.45) is -4.46. The Balaban J connectivity index is 2.43. The van der Waals surface area contributed by atoms with Gasteiger partial charge in [0, 0.05) is 7.11 Å². The Morgan fingerprint density at radius 1 is 1.52 bits per heavy atom. The van der Waals surface area contributed by atoms with Crippen LogP contribution in [0.3, 0.4) is 0 Å². The molecule has 110 valence electrons. The standard InChI is InChI=1S/C13H9F3N2O2S/c1-20-6-10(19)8(5-17)12-18-9-4-7(13(14,15)16)2-3-11(9)21-12/h2-4,8H,6H2,1H3/t8-/m1/s1. The van der Waals surface area contributed by atoms with E-state index < -0.39 is 23.4 Å². The fourth-order valence-corrected chi connectivity index (χ4v) is 2.75. The Bertz CT molecular complexity index is 718. The second-order valence-corrected chi connectivity index (χ2v) is 5.26. The van der Waals surface area contributed by atoms with Crippen LogP contribution in [0.25, 0.3) is 10.2 Å². The number of halogens is 3. The Labute approximate surface area is 121 Å². The highest BCUT2D eigenvalue weighted by atomic mass is 32.1. The minimum absolute atomic E-state index is 0.121. The summed E-state index contributed by atoms with van der Waals surface area (Å²) in [7, 11) is 1.32. The van der Waals surface area contributed by atoms with Crippen molar-refractivity contribution < 1.29 is 22.7 Å². The Morgan fingerprint density at radius 2 is 2.24 bits per heavy atom. The van der Waals surface area contributed by atoms with Gasteiger partial charge in [-0.15, -0.1) is 11.3 Å². The van der Waals surface area contributed by atoms with Gasteiger partial charge in [0.2, 0.25) is 0 Å². The highest BCUT2D eigenvalue weighted by molar-refractivity contribution is 7.18. The number of ketones is 1. The van der Waals surface area contributed by atoms with E-state index in [0.29, 0.717) is 4.70 Å². The number of aromatic nitrogens is 1. The molecule has 0 spiro atoms. The maximum Gasteiger partial charge on any atom is 0.416 e. The van der Waals surface area contributed by atoms with Crippen molar-refractivity contribution in [3.05, 3.63) is 28.8 Å². The van der Waals surface area contributed by atoms with E-state index in [1.165, 1.54) is 13.2 Å². The van der Waals surface area contributed by atoms with Gasteiger partial charge in [-0.05, 0) is 18.2 Å². The summed E-state index contributed by atoms with van der Waals surface area (Å²) in [5, 5.41) is 9.22.